The van der Waals surface area contributed by atoms with Crippen LogP contribution in [0.3, 0.4) is 0 Å². The molecule has 2 heterocycles. The number of benzene rings is 1. The SMILES string of the molecule is Cc1ccc2cnc(-c3cc(Cl)cc(Cl)c3)nc2n1. The van der Waals surface area contributed by atoms with Gasteiger partial charge in [0.25, 0.3) is 0 Å². The van der Waals surface area contributed by atoms with Crippen molar-refractivity contribution >= 4 is 34.2 Å². The molecule has 3 aromatic rings. The Morgan fingerprint density at radius 1 is 0.947 bits per heavy atom. The minimum atomic E-state index is 0.559. The molecule has 94 valence electrons. The van der Waals surface area contributed by atoms with Crippen molar-refractivity contribution in [1.82, 2.24) is 15.0 Å². The summed E-state index contributed by atoms with van der Waals surface area (Å²) in [6, 6.07) is 9.12. The molecule has 5 heteroatoms. The lowest BCUT2D eigenvalue weighted by atomic mass is 10.2. The van der Waals surface area contributed by atoms with Gasteiger partial charge in [-0.2, -0.15) is 0 Å². The van der Waals surface area contributed by atoms with Gasteiger partial charge in [0.15, 0.2) is 11.5 Å². The quantitative estimate of drug-likeness (QED) is 0.670. The summed E-state index contributed by atoms with van der Waals surface area (Å²) in [5.74, 6) is 0.565. The van der Waals surface area contributed by atoms with Crippen LogP contribution in [-0.4, -0.2) is 15.0 Å². The zero-order valence-corrected chi connectivity index (χ0v) is 11.6. The highest BCUT2D eigenvalue weighted by atomic mass is 35.5. The number of nitrogens with zero attached hydrogens (tertiary/aromatic N) is 3. The standard InChI is InChI=1S/C14H9Cl2N3/c1-8-2-3-9-7-17-13(19-14(9)18-8)10-4-11(15)6-12(16)5-10/h2-7H,1H3. The van der Waals surface area contributed by atoms with Crippen molar-refractivity contribution in [3.63, 3.8) is 0 Å². The maximum Gasteiger partial charge on any atom is 0.163 e. The van der Waals surface area contributed by atoms with E-state index >= 15 is 0 Å². The summed E-state index contributed by atoms with van der Waals surface area (Å²) >= 11 is 12.0. The fourth-order valence-electron chi connectivity index (χ4n) is 1.83. The van der Waals surface area contributed by atoms with Crippen LogP contribution in [0.1, 0.15) is 5.69 Å². The van der Waals surface area contributed by atoms with Crippen molar-refractivity contribution in [3.8, 4) is 11.4 Å². The van der Waals surface area contributed by atoms with Gasteiger partial charge in [0.1, 0.15) is 0 Å². The van der Waals surface area contributed by atoms with Crippen LogP contribution in [-0.2, 0) is 0 Å². The van der Waals surface area contributed by atoms with Gasteiger partial charge in [0.2, 0.25) is 0 Å². The molecule has 1 aromatic carbocycles. The average Bonchev–Trinajstić information content (AvgIpc) is 2.36. The van der Waals surface area contributed by atoms with Crippen molar-refractivity contribution in [1.29, 1.82) is 0 Å². The number of aromatic nitrogens is 3. The maximum atomic E-state index is 5.99. The maximum absolute atomic E-state index is 5.99. The number of hydrogen-bond donors (Lipinski definition) is 0. The Balaban J connectivity index is 2.19. The second-order valence-electron chi connectivity index (χ2n) is 4.22. The molecule has 0 fully saturated rings. The molecule has 0 saturated carbocycles. The Labute approximate surface area is 120 Å². The fraction of sp³-hybridized carbons (Fsp3) is 0.0714. The highest BCUT2D eigenvalue weighted by molar-refractivity contribution is 6.35. The van der Waals surface area contributed by atoms with Gasteiger partial charge >= 0.3 is 0 Å². The number of aryl methyl sites for hydroxylation is 1. The van der Waals surface area contributed by atoms with E-state index in [1.54, 1.807) is 24.4 Å². The summed E-state index contributed by atoms with van der Waals surface area (Å²) in [5, 5.41) is 2.02. The average molecular weight is 290 g/mol. The number of hydrogen-bond acceptors (Lipinski definition) is 3. The molecule has 3 nitrogen and oxygen atoms in total. The monoisotopic (exact) mass is 289 g/mol. The van der Waals surface area contributed by atoms with E-state index in [4.69, 9.17) is 23.2 Å². The summed E-state index contributed by atoms with van der Waals surface area (Å²) in [4.78, 5) is 13.2. The van der Waals surface area contributed by atoms with Crippen molar-refractivity contribution in [2.75, 3.05) is 0 Å². The fourth-order valence-corrected chi connectivity index (χ4v) is 2.35. The first-order chi connectivity index (χ1) is 9.11. The molecule has 0 radical (unpaired) electrons. The van der Waals surface area contributed by atoms with Crippen LogP contribution >= 0.6 is 23.2 Å². The Kier molecular flexibility index (Phi) is 3.09. The molecule has 0 unspecified atom stereocenters. The van der Waals surface area contributed by atoms with Gasteiger partial charge in [-0.15, -0.1) is 0 Å². The van der Waals surface area contributed by atoms with E-state index in [0.717, 1.165) is 16.6 Å². The Bertz CT molecular complexity index is 751. The van der Waals surface area contributed by atoms with Crippen molar-refractivity contribution in [3.05, 3.63) is 52.3 Å². The molecule has 0 spiro atoms. The predicted octanol–water partition coefficient (Wildman–Crippen LogP) is 4.31. The number of halogens is 2. The van der Waals surface area contributed by atoms with Crippen LogP contribution in [0, 0.1) is 6.92 Å². The Hall–Kier alpha value is -1.71. The molecule has 0 atom stereocenters. The molecule has 0 aliphatic rings. The third-order valence-electron chi connectivity index (χ3n) is 2.70. The van der Waals surface area contributed by atoms with Crippen LogP contribution in [0.25, 0.3) is 22.4 Å². The topological polar surface area (TPSA) is 38.7 Å². The lowest BCUT2D eigenvalue weighted by Gasteiger charge is -2.04. The van der Waals surface area contributed by atoms with Crippen LogP contribution in [0.5, 0.6) is 0 Å². The molecule has 0 aliphatic carbocycles. The van der Waals surface area contributed by atoms with E-state index in [0.29, 0.717) is 21.5 Å². The van der Waals surface area contributed by atoms with Gasteiger partial charge in [0, 0.05) is 32.9 Å². The molecule has 0 amide bonds. The molecule has 2 aromatic heterocycles. The second kappa shape index (κ2) is 4.76. The van der Waals surface area contributed by atoms with Crippen molar-refractivity contribution in [2.24, 2.45) is 0 Å². The zero-order valence-electron chi connectivity index (χ0n) is 10.1. The first-order valence-corrected chi connectivity index (χ1v) is 6.44. The van der Waals surface area contributed by atoms with Crippen LogP contribution in [0.2, 0.25) is 10.0 Å². The minimum Gasteiger partial charge on any atom is -0.236 e. The number of pyridine rings is 1. The molecule has 19 heavy (non-hydrogen) atoms. The lowest BCUT2D eigenvalue weighted by molar-refractivity contribution is 1.15. The molecule has 0 bridgehead atoms. The second-order valence-corrected chi connectivity index (χ2v) is 5.09. The number of fused-ring (bicyclic) bond motifs is 1. The van der Waals surface area contributed by atoms with E-state index < -0.39 is 0 Å². The van der Waals surface area contributed by atoms with Gasteiger partial charge < -0.3 is 0 Å². The minimum absolute atomic E-state index is 0.559. The highest BCUT2D eigenvalue weighted by Gasteiger charge is 2.06. The molecule has 0 N–H and O–H groups in total. The van der Waals surface area contributed by atoms with Crippen LogP contribution < -0.4 is 0 Å². The summed E-state index contributed by atoms with van der Waals surface area (Å²) in [6.45, 7) is 1.93. The van der Waals surface area contributed by atoms with Gasteiger partial charge in [-0.3, -0.25) is 0 Å². The van der Waals surface area contributed by atoms with Crippen LogP contribution in [0.15, 0.2) is 36.5 Å². The van der Waals surface area contributed by atoms with Gasteiger partial charge in [-0.1, -0.05) is 23.2 Å². The van der Waals surface area contributed by atoms with Gasteiger partial charge in [0.05, 0.1) is 0 Å². The zero-order chi connectivity index (χ0) is 13.4. The molecular weight excluding hydrogens is 281 g/mol. The summed E-state index contributed by atoms with van der Waals surface area (Å²) in [5.41, 5.74) is 2.37. The molecule has 0 saturated heterocycles. The highest BCUT2D eigenvalue weighted by Crippen LogP contribution is 2.25. The largest absolute Gasteiger partial charge is 0.236 e. The first kappa shape index (κ1) is 12.3. The Morgan fingerprint density at radius 3 is 2.42 bits per heavy atom. The normalized spacial score (nSPS) is 10.9. The summed E-state index contributed by atoms with van der Waals surface area (Å²) in [6.07, 6.45) is 1.75. The van der Waals surface area contributed by atoms with E-state index in [1.807, 2.05) is 19.1 Å². The molecule has 3 rings (SSSR count). The van der Waals surface area contributed by atoms with E-state index in [-0.39, 0.29) is 0 Å². The van der Waals surface area contributed by atoms with Gasteiger partial charge in [-0.25, -0.2) is 15.0 Å². The third-order valence-corrected chi connectivity index (χ3v) is 3.14. The van der Waals surface area contributed by atoms with Gasteiger partial charge in [-0.05, 0) is 37.3 Å². The van der Waals surface area contributed by atoms with E-state index in [1.165, 1.54) is 0 Å². The molecule has 0 aliphatic heterocycles. The molecular formula is C14H9Cl2N3. The first-order valence-electron chi connectivity index (χ1n) is 5.69. The predicted molar refractivity (Wildman–Crippen MR) is 77.5 cm³/mol. The van der Waals surface area contributed by atoms with Crippen molar-refractivity contribution in [2.45, 2.75) is 6.92 Å². The lowest BCUT2D eigenvalue weighted by Crippen LogP contribution is -1.93. The Morgan fingerprint density at radius 2 is 1.68 bits per heavy atom. The summed E-state index contributed by atoms with van der Waals surface area (Å²) in [7, 11) is 0. The van der Waals surface area contributed by atoms with E-state index in [2.05, 4.69) is 15.0 Å². The number of rotatable bonds is 1. The van der Waals surface area contributed by atoms with Crippen LogP contribution in [0.4, 0.5) is 0 Å². The van der Waals surface area contributed by atoms with E-state index in [9.17, 15) is 0 Å². The third kappa shape index (κ3) is 2.53. The summed E-state index contributed by atoms with van der Waals surface area (Å²) < 4.78 is 0. The van der Waals surface area contributed by atoms with Crippen molar-refractivity contribution < 1.29 is 0 Å². The smallest absolute Gasteiger partial charge is 0.163 e.